The maximum Gasteiger partial charge on any atom is 0.319 e. The zero-order valence-electron chi connectivity index (χ0n) is 10.9. The van der Waals surface area contributed by atoms with Gasteiger partial charge < -0.3 is 20.6 Å². The predicted molar refractivity (Wildman–Crippen MR) is 74.0 cm³/mol. The van der Waals surface area contributed by atoms with Gasteiger partial charge >= 0.3 is 6.03 Å². The number of urea groups is 1. The average molecular weight is 293 g/mol. The normalized spacial score (nSPS) is 23.5. The van der Waals surface area contributed by atoms with Crippen LogP contribution in [0, 0.1) is 0 Å². The molecule has 1 aromatic rings. The fourth-order valence-electron chi connectivity index (χ4n) is 2.56. The first-order valence-corrected chi connectivity index (χ1v) is 7.25. The van der Waals surface area contributed by atoms with Gasteiger partial charge in [0.05, 0.1) is 30.0 Å². The second-order valence-electron chi connectivity index (χ2n) is 4.97. The van der Waals surface area contributed by atoms with Gasteiger partial charge in [-0.3, -0.25) is 4.79 Å². The molecule has 2 aliphatic heterocycles. The molecule has 0 bridgehead atoms. The second-order valence-corrected chi connectivity index (χ2v) is 5.95. The monoisotopic (exact) mass is 293 g/mol. The van der Waals surface area contributed by atoms with Crippen LogP contribution in [0.3, 0.4) is 0 Å². The minimum Gasteiger partial charge on any atom is -0.392 e. The number of hydrogen-bond donors (Lipinski definition) is 3. The molecule has 0 fully saturated rings. The SMILES string of the molecule is C[C@H](O)CN1CC2=C(C1=O)[C@@H](c1cccs1)NC(=O)N2. The van der Waals surface area contributed by atoms with Crippen molar-refractivity contribution in [2.75, 3.05) is 13.1 Å². The fraction of sp³-hybridized carbons (Fsp3) is 0.385. The van der Waals surface area contributed by atoms with Gasteiger partial charge in [-0.15, -0.1) is 11.3 Å². The summed E-state index contributed by atoms with van der Waals surface area (Å²) in [4.78, 5) is 26.7. The topological polar surface area (TPSA) is 81.7 Å². The lowest BCUT2D eigenvalue weighted by Crippen LogP contribution is -2.44. The van der Waals surface area contributed by atoms with E-state index in [-0.39, 0.29) is 18.5 Å². The number of aliphatic hydroxyl groups excluding tert-OH is 1. The molecule has 0 spiro atoms. The molecule has 20 heavy (non-hydrogen) atoms. The molecule has 0 saturated heterocycles. The van der Waals surface area contributed by atoms with Crippen molar-refractivity contribution in [2.24, 2.45) is 0 Å². The van der Waals surface area contributed by atoms with Crippen molar-refractivity contribution in [2.45, 2.75) is 19.1 Å². The summed E-state index contributed by atoms with van der Waals surface area (Å²) >= 11 is 1.50. The van der Waals surface area contributed by atoms with Crippen LogP contribution in [-0.2, 0) is 4.79 Å². The van der Waals surface area contributed by atoms with Gasteiger partial charge in [-0.05, 0) is 18.4 Å². The van der Waals surface area contributed by atoms with E-state index in [2.05, 4.69) is 10.6 Å². The summed E-state index contributed by atoms with van der Waals surface area (Å²) in [5.74, 6) is -0.133. The van der Waals surface area contributed by atoms with Crippen molar-refractivity contribution < 1.29 is 14.7 Å². The van der Waals surface area contributed by atoms with Gasteiger partial charge in [0.25, 0.3) is 5.91 Å². The first-order chi connectivity index (χ1) is 9.56. The highest BCUT2D eigenvalue weighted by molar-refractivity contribution is 7.10. The molecule has 6 nitrogen and oxygen atoms in total. The van der Waals surface area contributed by atoms with Gasteiger partial charge in [0.2, 0.25) is 0 Å². The van der Waals surface area contributed by atoms with Crippen molar-refractivity contribution in [1.82, 2.24) is 15.5 Å². The molecule has 2 aliphatic rings. The van der Waals surface area contributed by atoms with Gasteiger partial charge in [0, 0.05) is 11.4 Å². The molecule has 0 saturated carbocycles. The van der Waals surface area contributed by atoms with Crippen molar-refractivity contribution in [3.05, 3.63) is 33.7 Å². The van der Waals surface area contributed by atoms with Crippen LogP contribution in [0.1, 0.15) is 17.8 Å². The van der Waals surface area contributed by atoms with E-state index in [0.29, 0.717) is 17.8 Å². The summed E-state index contributed by atoms with van der Waals surface area (Å²) in [6.07, 6.45) is -0.593. The molecule has 3 rings (SSSR count). The summed E-state index contributed by atoms with van der Waals surface area (Å²) in [6, 6.07) is 3.09. The Labute approximate surface area is 120 Å². The van der Waals surface area contributed by atoms with E-state index < -0.39 is 12.1 Å². The first kappa shape index (κ1) is 13.1. The number of aliphatic hydroxyl groups is 1. The molecule has 1 aromatic heterocycles. The third kappa shape index (κ3) is 2.19. The van der Waals surface area contributed by atoms with E-state index in [1.54, 1.807) is 11.8 Å². The quantitative estimate of drug-likeness (QED) is 0.762. The molecule has 0 aromatic carbocycles. The Kier molecular flexibility index (Phi) is 3.23. The third-order valence-corrected chi connectivity index (χ3v) is 4.27. The number of nitrogens with zero attached hydrogens (tertiary/aromatic N) is 1. The van der Waals surface area contributed by atoms with Gasteiger partial charge in [0.1, 0.15) is 0 Å². The number of amides is 3. The largest absolute Gasteiger partial charge is 0.392 e. The Bertz CT molecular complexity index is 580. The highest BCUT2D eigenvalue weighted by atomic mass is 32.1. The molecule has 2 atom stereocenters. The van der Waals surface area contributed by atoms with Gasteiger partial charge in [-0.1, -0.05) is 6.07 Å². The van der Waals surface area contributed by atoms with Crippen LogP contribution in [0.5, 0.6) is 0 Å². The van der Waals surface area contributed by atoms with Crippen molar-refractivity contribution in [1.29, 1.82) is 0 Å². The number of nitrogens with one attached hydrogen (secondary N) is 2. The fourth-order valence-corrected chi connectivity index (χ4v) is 3.35. The highest BCUT2D eigenvalue weighted by Crippen LogP contribution is 2.34. The summed E-state index contributed by atoms with van der Waals surface area (Å²) < 4.78 is 0. The van der Waals surface area contributed by atoms with Crippen LogP contribution in [0.4, 0.5) is 4.79 Å². The Morgan fingerprint density at radius 2 is 2.35 bits per heavy atom. The molecule has 7 heteroatoms. The predicted octanol–water partition coefficient (Wildman–Crippen LogP) is 0.579. The highest BCUT2D eigenvalue weighted by Gasteiger charge is 2.40. The molecule has 0 radical (unpaired) electrons. The van der Waals surface area contributed by atoms with Crippen molar-refractivity contribution in [3.63, 3.8) is 0 Å². The van der Waals surface area contributed by atoms with E-state index in [0.717, 1.165) is 4.88 Å². The first-order valence-electron chi connectivity index (χ1n) is 6.37. The zero-order valence-corrected chi connectivity index (χ0v) is 11.7. The lowest BCUT2D eigenvalue weighted by Gasteiger charge is -2.24. The van der Waals surface area contributed by atoms with Crippen LogP contribution < -0.4 is 10.6 Å². The Hall–Kier alpha value is -1.86. The number of thiophene rings is 1. The van der Waals surface area contributed by atoms with Crippen LogP contribution in [0.15, 0.2) is 28.8 Å². The summed E-state index contributed by atoms with van der Waals surface area (Å²) in [5.41, 5.74) is 1.21. The molecule has 3 N–H and O–H groups in total. The molecule has 3 amide bonds. The van der Waals surface area contributed by atoms with Gasteiger partial charge in [-0.2, -0.15) is 0 Å². The molecule has 3 heterocycles. The molecule has 0 unspecified atom stereocenters. The minimum absolute atomic E-state index is 0.133. The van der Waals surface area contributed by atoms with Crippen LogP contribution in [0.25, 0.3) is 0 Å². The smallest absolute Gasteiger partial charge is 0.319 e. The number of rotatable bonds is 3. The van der Waals surface area contributed by atoms with E-state index in [9.17, 15) is 14.7 Å². The van der Waals surface area contributed by atoms with Gasteiger partial charge in [0.15, 0.2) is 0 Å². The lowest BCUT2D eigenvalue weighted by atomic mass is 10.0. The van der Waals surface area contributed by atoms with Crippen LogP contribution >= 0.6 is 11.3 Å². The summed E-state index contributed by atoms with van der Waals surface area (Å²) in [6.45, 7) is 2.24. The van der Waals surface area contributed by atoms with E-state index in [1.807, 2.05) is 17.5 Å². The van der Waals surface area contributed by atoms with Crippen LogP contribution in [-0.4, -0.2) is 41.1 Å². The van der Waals surface area contributed by atoms with E-state index in [1.165, 1.54) is 11.3 Å². The maximum atomic E-state index is 12.5. The van der Waals surface area contributed by atoms with E-state index >= 15 is 0 Å². The number of carbonyl (C=O) groups is 2. The lowest BCUT2D eigenvalue weighted by molar-refractivity contribution is -0.126. The molecular weight excluding hydrogens is 278 g/mol. The molecular formula is C13H15N3O3S. The zero-order chi connectivity index (χ0) is 14.3. The number of carbonyl (C=O) groups excluding carboxylic acids is 2. The van der Waals surface area contributed by atoms with Crippen molar-refractivity contribution >= 4 is 23.3 Å². The number of hydrogen-bond acceptors (Lipinski definition) is 4. The Balaban J connectivity index is 1.92. The second kappa shape index (κ2) is 4.92. The third-order valence-electron chi connectivity index (χ3n) is 3.33. The van der Waals surface area contributed by atoms with E-state index in [4.69, 9.17) is 0 Å². The van der Waals surface area contributed by atoms with Gasteiger partial charge in [-0.25, -0.2) is 4.79 Å². The molecule has 0 aliphatic carbocycles. The molecule has 106 valence electrons. The summed E-state index contributed by atoms with van der Waals surface area (Å²) in [5, 5.41) is 16.8. The standard InChI is InChI=1S/C13H15N3O3S/c1-7(17)5-16-6-8-10(12(16)18)11(15-13(19)14-8)9-3-2-4-20-9/h2-4,7,11,17H,5-6H2,1H3,(H2,14,15,19)/t7-,11+/m0/s1. The summed E-state index contributed by atoms with van der Waals surface area (Å²) in [7, 11) is 0. The Morgan fingerprint density at radius 3 is 3.00 bits per heavy atom. The van der Waals surface area contributed by atoms with Crippen molar-refractivity contribution in [3.8, 4) is 0 Å². The Morgan fingerprint density at radius 1 is 1.55 bits per heavy atom. The average Bonchev–Trinajstić information content (AvgIpc) is 2.98. The maximum absolute atomic E-state index is 12.5. The van der Waals surface area contributed by atoms with Crippen LogP contribution in [0.2, 0.25) is 0 Å². The minimum atomic E-state index is -0.593. The number of β-amino-alcohol motifs (C(OH)–C–C–N with tert-alkyl or cyclic N) is 1.